The second-order valence-corrected chi connectivity index (χ2v) is 8.23. The van der Waals surface area contributed by atoms with E-state index in [-0.39, 0.29) is 5.78 Å². The van der Waals surface area contributed by atoms with Gasteiger partial charge in [0.1, 0.15) is 8.07 Å². The largest absolute Gasteiger partial charge is 0.278 e. The van der Waals surface area contributed by atoms with Gasteiger partial charge < -0.3 is 0 Å². The number of hydrogen-bond acceptors (Lipinski definition) is 1. The van der Waals surface area contributed by atoms with E-state index in [0.29, 0.717) is 0 Å². The molecule has 0 aliphatic carbocycles. The normalized spacial score (nSPS) is 9.43. The molecule has 2 heteroatoms. The van der Waals surface area contributed by atoms with Crippen molar-refractivity contribution in [3.63, 3.8) is 0 Å². The summed E-state index contributed by atoms with van der Waals surface area (Å²) in [7, 11) is -1.46. The molecular weight excluding hydrogens is 188 g/mol. The van der Waals surface area contributed by atoms with E-state index >= 15 is 0 Å². The molecule has 1 nitrogen and oxygen atoms in total. The van der Waals surface area contributed by atoms with Crippen LogP contribution in [0.2, 0.25) is 18.1 Å². The minimum atomic E-state index is -1.46. The fourth-order valence-electron chi connectivity index (χ4n) is 1.35. The number of carbonyl (C=O) groups is 1. The minimum Gasteiger partial charge on any atom is -0.270 e. The molecule has 0 aromatic rings. The molecular formula is C12H18OSi. The molecule has 0 aromatic heterocycles. The third-order valence-corrected chi connectivity index (χ3v) is 7.43. The predicted molar refractivity (Wildman–Crippen MR) is 63.4 cm³/mol. The Morgan fingerprint density at radius 2 is 1.57 bits per heavy atom. The first-order valence-electron chi connectivity index (χ1n) is 5.14. The van der Waals surface area contributed by atoms with Crippen LogP contribution in [0.3, 0.4) is 0 Å². The Labute approximate surface area is 88.3 Å². The van der Waals surface area contributed by atoms with Gasteiger partial charge in [0.2, 0.25) is 0 Å². The minimum absolute atomic E-state index is 0.236. The van der Waals surface area contributed by atoms with Crippen molar-refractivity contribution in [3.8, 4) is 23.3 Å². The molecule has 0 atom stereocenters. The zero-order valence-corrected chi connectivity index (χ0v) is 10.5. The summed E-state index contributed by atoms with van der Waals surface area (Å²) in [5.74, 6) is 7.46. The maximum atomic E-state index is 11.1. The highest BCUT2D eigenvalue weighted by Crippen LogP contribution is 2.18. The van der Waals surface area contributed by atoms with Crippen LogP contribution in [0.4, 0.5) is 0 Å². The first-order valence-corrected chi connectivity index (χ1v) is 7.76. The number of Topliss-reactive ketones (excluding diaryl/α,β-unsaturated/α-hetero) is 1. The van der Waals surface area contributed by atoms with Gasteiger partial charge in [0, 0.05) is 0 Å². The summed E-state index contributed by atoms with van der Waals surface area (Å²) in [4.78, 5) is 11.1. The van der Waals surface area contributed by atoms with Crippen LogP contribution in [0.15, 0.2) is 0 Å². The van der Waals surface area contributed by atoms with E-state index in [2.05, 4.69) is 44.1 Å². The van der Waals surface area contributed by atoms with Crippen molar-refractivity contribution < 1.29 is 4.79 Å². The second kappa shape index (κ2) is 6.46. The molecule has 0 unspecified atom stereocenters. The van der Waals surface area contributed by atoms with Crippen LogP contribution in [-0.2, 0) is 4.79 Å². The summed E-state index contributed by atoms with van der Waals surface area (Å²) in [6.07, 6.45) is 0. The van der Waals surface area contributed by atoms with Gasteiger partial charge in [-0.2, -0.15) is 0 Å². The molecule has 0 N–H and O–H groups in total. The SMILES string of the molecule is CC#CC(=O)C#C[Si](CC)(CC)CC. The fourth-order valence-corrected chi connectivity index (χ4v) is 3.76. The summed E-state index contributed by atoms with van der Waals surface area (Å²) >= 11 is 0. The second-order valence-electron chi connectivity index (χ2n) is 3.30. The van der Waals surface area contributed by atoms with E-state index in [9.17, 15) is 4.79 Å². The van der Waals surface area contributed by atoms with Gasteiger partial charge in [0.15, 0.2) is 0 Å². The third kappa shape index (κ3) is 3.81. The van der Waals surface area contributed by atoms with Crippen molar-refractivity contribution in [3.05, 3.63) is 0 Å². The van der Waals surface area contributed by atoms with E-state index in [1.807, 2.05) is 0 Å². The topological polar surface area (TPSA) is 17.1 Å². The summed E-state index contributed by atoms with van der Waals surface area (Å²) < 4.78 is 0. The van der Waals surface area contributed by atoms with Crippen LogP contribution < -0.4 is 0 Å². The van der Waals surface area contributed by atoms with Gasteiger partial charge >= 0.3 is 0 Å². The van der Waals surface area contributed by atoms with Gasteiger partial charge in [0.25, 0.3) is 5.78 Å². The average Bonchev–Trinajstić information content (AvgIpc) is 2.21. The first kappa shape index (κ1) is 13.0. The van der Waals surface area contributed by atoms with E-state index in [1.165, 1.54) is 0 Å². The average molecular weight is 206 g/mol. The van der Waals surface area contributed by atoms with Gasteiger partial charge in [-0.3, -0.25) is 4.79 Å². The lowest BCUT2D eigenvalue weighted by molar-refractivity contribution is -0.108. The first-order chi connectivity index (χ1) is 6.64. The number of carbonyl (C=O) groups excluding carboxylic acids is 1. The quantitative estimate of drug-likeness (QED) is 0.394. The molecule has 0 saturated carbocycles. The molecule has 0 bridgehead atoms. The lowest BCUT2D eigenvalue weighted by atomic mass is 10.4. The molecule has 0 spiro atoms. The Kier molecular flexibility index (Phi) is 6.00. The highest BCUT2D eigenvalue weighted by atomic mass is 28.3. The summed E-state index contributed by atoms with van der Waals surface area (Å²) in [5.41, 5.74) is 3.20. The van der Waals surface area contributed by atoms with Gasteiger partial charge in [-0.15, -0.1) is 5.54 Å². The van der Waals surface area contributed by atoms with Gasteiger partial charge in [-0.1, -0.05) is 26.7 Å². The highest BCUT2D eigenvalue weighted by molar-refractivity contribution is 6.87. The van der Waals surface area contributed by atoms with Gasteiger partial charge in [-0.05, 0) is 36.9 Å². The Morgan fingerprint density at radius 1 is 1.07 bits per heavy atom. The zero-order chi connectivity index (χ0) is 11.0. The predicted octanol–water partition coefficient (Wildman–Crippen LogP) is 2.63. The fraction of sp³-hybridized carbons (Fsp3) is 0.583. The van der Waals surface area contributed by atoms with Crippen molar-refractivity contribution in [2.75, 3.05) is 0 Å². The molecule has 0 aliphatic heterocycles. The molecule has 0 aromatic carbocycles. The smallest absolute Gasteiger partial charge is 0.270 e. The monoisotopic (exact) mass is 206 g/mol. The van der Waals surface area contributed by atoms with E-state index in [0.717, 1.165) is 18.1 Å². The van der Waals surface area contributed by atoms with Crippen LogP contribution in [0.25, 0.3) is 0 Å². The maximum Gasteiger partial charge on any atom is 0.278 e. The van der Waals surface area contributed by atoms with Crippen molar-refractivity contribution in [2.45, 2.75) is 45.8 Å². The van der Waals surface area contributed by atoms with Gasteiger partial charge in [-0.25, -0.2) is 0 Å². The van der Waals surface area contributed by atoms with Crippen molar-refractivity contribution in [2.24, 2.45) is 0 Å². The Balaban J connectivity index is 4.71. The van der Waals surface area contributed by atoms with Crippen molar-refractivity contribution in [1.29, 1.82) is 0 Å². The highest BCUT2D eigenvalue weighted by Gasteiger charge is 2.24. The molecule has 0 fully saturated rings. The summed E-state index contributed by atoms with van der Waals surface area (Å²) in [6.45, 7) is 8.17. The molecule has 0 aliphatic rings. The Hall–Kier alpha value is -0.993. The maximum absolute atomic E-state index is 11.1. The molecule has 76 valence electrons. The number of ketones is 1. The summed E-state index contributed by atoms with van der Waals surface area (Å²) in [5, 5.41) is 0. The van der Waals surface area contributed by atoms with Gasteiger partial charge in [0.05, 0.1) is 0 Å². The van der Waals surface area contributed by atoms with Crippen molar-refractivity contribution >= 4 is 13.9 Å². The van der Waals surface area contributed by atoms with Crippen LogP contribution in [-0.4, -0.2) is 13.9 Å². The van der Waals surface area contributed by atoms with Crippen LogP contribution in [0.1, 0.15) is 27.7 Å². The number of rotatable bonds is 3. The van der Waals surface area contributed by atoms with Crippen LogP contribution in [0.5, 0.6) is 0 Å². The van der Waals surface area contributed by atoms with Crippen molar-refractivity contribution in [1.82, 2.24) is 0 Å². The third-order valence-electron chi connectivity index (χ3n) is 2.71. The van der Waals surface area contributed by atoms with E-state index < -0.39 is 8.07 Å². The molecule has 0 saturated heterocycles. The number of hydrogen-bond donors (Lipinski definition) is 0. The van der Waals surface area contributed by atoms with E-state index in [4.69, 9.17) is 0 Å². The Morgan fingerprint density at radius 3 is 1.93 bits per heavy atom. The molecule has 0 heterocycles. The Bertz CT molecular complexity index is 296. The molecule has 0 rings (SSSR count). The zero-order valence-electron chi connectivity index (χ0n) is 9.53. The molecule has 0 amide bonds. The molecule has 14 heavy (non-hydrogen) atoms. The van der Waals surface area contributed by atoms with Crippen LogP contribution in [0, 0.1) is 23.3 Å². The van der Waals surface area contributed by atoms with E-state index in [1.54, 1.807) is 6.92 Å². The lowest BCUT2D eigenvalue weighted by Gasteiger charge is -2.19. The molecule has 0 radical (unpaired) electrons. The van der Waals surface area contributed by atoms with Crippen LogP contribution >= 0.6 is 0 Å². The summed E-state index contributed by atoms with van der Waals surface area (Å²) in [6, 6.07) is 3.37. The lowest BCUT2D eigenvalue weighted by Crippen LogP contribution is -2.29. The standard InChI is InChI=1S/C12H18OSi/c1-5-9-12(13)10-11-14(6-2,7-3)8-4/h6-8H2,1-4H3.